The minimum atomic E-state index is -0.371. The van der Waals surface area contributed by atoms with Crippen molar-refractivity contribution >= 4 is 66.3 Å². The van der Waals surface area contributed by atoms with Crippen LogP contribution in [0.1, 0.15) is 30.3 Å². The minimum Gasteiger partial charge on any atom is -0.463 e. The Morgan fingerprint density at radius 1 is 1.09 bits per heavy atom. The van der Waals surface area contributed by atoms with Crippen LogP contribution in [0.5, 0.6) is 6.01 Å². The Morgan fingerprint density at radius 3 is 2.68 bits per heavy atom. The van der Waals surface area contributed by atoms with Crippen molar-refractivity contribution in [3.63, 3.8) is 0 Å². The van der Waals surface area contributed by atoms with E-state index in [1.165, 1.54) is 14.0 Å². The molecule has 0 amide bonds. The molecule has 0 fully saturated rings. The number of ether oxygens (including phenoxy) is 4. The summed E-state index contributed by atoms with van der Waals surface area (Å²) in [6.07, 6.45) is 3.60. The fraction of sp³-hybridized carbons (Fsp3) is 0.481. The lowest BCUT2D eigenvalue weighted by Gasteiger charge is -2.08. The SMILES string of the molecule is CCCCOc1nc(N)c2[nH]c(=O)n(Cc3cn(CCOCCOCCOCCNC(=S)c4cc5sccc5s4)nn3)c2n1. The summed E-state index contributed by atoms with van der Waals surface area (Å²) in [4.78, 5) is 25.6. The van der Waals surface area contributed by atoms with Gasteiger partial charge in [-0.1, -0.05) is 30.8 Å². The van der Waals surface area contributed by atoms with Gasteiger partial charge in [-0.3, -0.25) is 4.57 Å². The molecule has 0 bridgehead atoms. The summed E-state index contributed by atoms with van der Waals surface area (Å²) >= 11 is 8.90. The molecule has 0 radical (unpaired) electrons. The summed E-state index contributed by atoms with van der Waals surface area (Å²) in [5.74, 6) is 0.150. The fourth-order valence-electron chi connectivity index (χ4n) is 4.13. The number of aromatic amines is 1. The number of fused-ring (bicyclic) bond motifs is 2. The van der Waals surface area contributed by atoms with Crippen molar-refractivity contribution < 1.29 is 18.9 Å². The largest absolute Gasteiger partial charge is 0.463 e. The van der Waals surface area contributed by atoms with Gasteiger partial charge in [0.2, 0.25) is 0 Å². The summed E-state index contributed by atoms with van der Waals surface area (Å²) in [5, 5.41) is 13.6. The van der Waals surface area contributed by atoms with Crippen molar-refractivity contribution in [3.8, 4) is 6.01 Å². The molecule has 236 valence electrons. The molecule has 44 heavy (non-hydrogen) atoms. The molecule has 0 atom stereocenters. The van der Waals surface area contributed by atoms with Gasteiger partial charge in [0, 0.05) is 15.9 Å². The third-order valence-electron chi connectivity index (χ3n) is 6.37. The van der Waals surface area contributed by atoms with Crippen LogP contribution >= 0.6 is 34.9 Å². The molecule has 5 aromatic heterocycles. The summed E-state index contributed by atoms with van der Waals surface area (Å²) < 4.78 is 28.0. The maximum absolute atomic E-state index is 12.6. The van der Waals surface area contributed by atoms with Gasteiger partial charge in [-0.05, 0) is 23.9 Å². The smallest absolute Gasteiger partial charge is 0.328 e. The highest BCUT2D eigenvalue weighted by atomic mass is 32.1. The van der Waals surface area contributed by atoms with E-state index in [1.807, 2.05) is 0 Å². The number of nitrogens with one attached hydrogen (secondary N) is 2. The number of nitrogens with two attached hydrogens (primary N) is 1. The van der Waals surface area contributed by atoms with Gasteiger partial charge in [0.15, 0.2) is 11.5 Å². The van der Waals surface area contributed by atoms with Crippen LogP contribution in [0.3, 0.4) is 0 Å². The maximum atomic E-state index is 12.6. The number of rotatable bonds is 19. The zero-order valence-electron chi connectivity index (χ0n) is 24.3. The number of imidazole rings is 1. The fourth-order valence-corrected chi connectivity index (χ4v) is 6.44. The average Bonchev–Trinajstić information content (AvgIpc) is 3.79. The first-order valence-electron chi connectivity index (χ1n) is 14.3. The molecule has 4 N–H and O–H groups in total. The third-order valence-corrected chi connectivity index (χ3v) is 8.97. The topological polar surface area (TPSA) is 169 Å². The summed E-state index contributed by atoms with van der Waals surface area (Å²) in [6.45, 7) is 6.71. The molecule has 5 aromatic rings. The second-order valence-electron chi connectivity index (χ2n) is 9.63. The lowest BCUT2D eigenvalue weighted by molar-refractivity contribution is 0.0137. The van der Waals surface area contributed by atoms with E-state index >= 15 is 0 Å². The molecule has 0 spiro atoms. The highest BCUT2D eigenvalue weighted by Gasteiger charge is 2.16. The second-order valence-corrected chi connectivity index (χ2v) is 12.1. The standard InChI is InChI=1S/C27H35N9O5S3/c1-2-3-7-41-26-31-23(28)22-24(32-26)36(27(37)30-22)17-18-16-35(34-33-18)6-9-39-11-13-40-12-10-38-8-5-29-25(42)21-15-20-19(44-21)4-14-43-20/h4,14-16H,2-3,5-13,17H2,1H3,(H,29,42)(H,30,37)(H2,28,31,32). The number of unbranched alkanes of at least 4 members (excludes halogenated alkanes) is 1. The quantitative estimate of drug-likeness (QED) is 0.0875. The molecule has 0 aliphatic rings. The van der Waals surface area contributed by atoms with E-state index in [0.29, 0.717) is 76.2 Å². The van der Waals surface area contributed by atoms with Crippen LogP contribution in [0.4, 0.5) is 5.82 Å². The number of anilines is 1. The van der Waals surface area contributed by atoms with Gasteiger partial charge in [-0.25, -0.2) is 9.48 Å². The minimum absolute atomic E-state index is 0.135. The van der Waals surface area contributed by atoms with E-state index in [-0.39, 0.29) is 24.1 Å². The van der Waals surface area contributed by atoms with Crippen LogP contribution in [0.25, 0.3) is 20.6 Å². The van der Waals surface area contributed by atoms with Crippen LogP contribution in [0.2, 0.25) is 0 Å². The lowest BCUT2D eigenvalue weighted by Crippen LogP contribution is -2.26. The van der Waals surface area contributed by atoms with Crippen LogP contribution in [-0.2, 0) is 27.3 Å². The number of hydrogen-bond donors (Lipinski definition) is 3. The summed E-state index contributed by atoms with van der Waals surface area (Å²) in [6, 6.07) is 4.38. The predicted octanol–water partition coefficient (Wildman–Crippen LogP) is 2.81. The van der Waals surface area contributed by atoms with Gasteiger partial charge in [0.25, 0.3) is 0 Å². The Balaban J connectivity index is 0.932. The van der Waals surface area contributed by atoms with Crippen molar-refractivity contribution in [2.45, 2.75) is 32.9 Å². The van der Waals surface area contributed by atoms with Crippen LogP contribution in [0, 0.1) is 0 Å². The molecule has 14 nitrogen and oxygen atoms in total. The van der Waals surface area contributed by atoms with Crippen LogP contribution < -0.4 is 21.5 Å². The van der Waals surface area contributed by atoms with Gasteiger partial charge in [-0.2, -0.15) is 9.97 Å². The first kappa shape index (κ1) is 31.9. The van der Waals surface area contributed by atoms with E-state index in [9.17, 15) is 4.79 Å². The first-order valence-corrected chi connectivity index (χ1v) is 16.4. The van der Waals surface area contributed by atoms with E-state index < -0.39 is 0 Å². The Labute approximate surface area is 266 Å². The Kier molecular flexibility index (Phi) is 11.6. The molecule has 5 heterocycles. The number of thiocarbonyl (C=S) groups is 1. The zero-order chi connectivity index (χ0) is 30.7. The summed E-state index contributed by atoms with van der Waals surface area (Å²) in [7, 11) is 0. The molecule has 0 aliphatic heterocycles. The first-order chi connectivity index (χ1) is 21.5. The molecular formula is C27H35N9O5S3. The van der Waals surface area contributed by atoms with Gasteiger partial charge >= 0.3 is 11.7 Å². The number of hydrogen-bond acceptors (Lipinski definition) is 13. The number of thiophene rings is 2. The number of nitrogens with zero attached hydrogens (tertiary/aromatic N) is 6. The van der Waals surface area contributed by atoms with Gasteiger partial charge in [0.1, 0.15) is 16.2 Å². The van der Waals surface area contributed by atoms with Gasteiger partial charge in [0.05, 0.1) is 70.4 Å². The Morgan fingerprint density at radius 2 is 1.89 bits per heavy atom. The van der Waals surface area contributed by atoms with Crippen molar-refractivity contribution in [2.75, 3.05) is 58.5 Å². The second kappa shape index (κ2) is 16.0. The predicted molar refractivity (Wildman–Crippen MR) is 174 cm³/mol. The number of nitrogen functional groups attached to an aromatic ring is 1. The zero-order valence-corrected chi connectivity index (χ0v) is 26.8. The molecule has 0 saturated heterocycles. The molecule has 17 heteroatoms. The van der Waals surface area contributed by atoms with E-state index in [4.69, 9.17) is 36.9 Å². The van der Waals surface area contributed by atoms with Crippen LogP contribution in [0.15, 0.2) is 28.5 Å². The van der Waals surface area contributed by atoms with E-state index in [0.717, 1.165) is 22.7 Å². The lowest BCUT2D eigenvalue weighted by atomic mass is 10.4. The average molecular weight is 662 g/mol. The normalized spacial score (nSPS) is 11.6. The third kappa shape index (κ3) is 8.58. The number of aromatic nitrogens is 7. The molecule has 5 rings (SSSR count). The maximum Gasteiger partial charge on any atom is 0.328 e. The van der Waals surface area contributed by atoms with E-state index in [1.54, 1.807) is 33.6 Å². The van der Waals surface area contributed by atoms with E-state index in [2.05, 4.69) is 55.0 Å². The molecular weight excluding hydrogens is 627 g/mol. The molecule has 0 aromatic carbocycles. The van der Waals surface area contributed by atoms with Crippen molar-refractivity contribution in [3.05, 3.63) is 44.8 Å². The highest BCUT2D eigenvalue weighted by molar-refractivity contribution is 7.81. The molecule has 0 unspecified atom stereocenters. The molecule has 0 aliphatic carbocycles. The van der Waals surface area contributed by atoms with Gasteiger partial charge < -0.3 is 35.0 Å². The van der Waals surface area contributed by atoms with Gasteiger partial charge in [-0.15, -0.1) is 27.8 Å². The van der Waals surface area contributed by atoms with Crippen molar-refractivity contribution in [1.29, 1.82) is 0 Å². The summed E-state index contributed by atoms with van der Waals surface area (Å²) in [5.41, 5.74) is 6.95. The van der Waals surface area contributed by atoms with Crippen molar-refractivity contribution in [2.24, 2.45) is 0 Å². The van der Waals surface area contributed by atoms with Crippen LogP contribution in [-0.4, -0.2) is 92.3 Å². The number of H-pyrrole nitrogens is 1. The Hall–Kier alpha value is -3.48. The van der Waals surface area contributed by atoms with Crippen molar-refractivity contribution in [1.82, 2.24) is 39.8 Å². The highest BCUT2D eigenvalue weighted by Crippen LogP contribution is 2.30. The Bertz CT molecular complexity index is 1680. The monoisotopic (exact) mass is 661 g/mol. The molecule has 0 saturated carbocycles.